The van der Waals surface area contributed by atoms with Gasteiger partial charge < -0.3 is 44.0 Å². The molecule has 2 N–H and O–H groups in total. The summed E-state index contributed by atoms with van der Waals surface area (Å²) in [6, 6.07) is 0. The average Bonchev–Trinajstić information content (AvgIpc) is 3.01. The van der Waals surface area contributed by atoms with Crippen LogP contribution in [0, 0.1) is 0 Å². The normalized spacial score (nSPS) is 12.9. The zero-order chi connectivity index (χ0) is 34.8. The Balaban J connectivity index is -0.000000389. The summed E-state index contributed by atoms with van der Waals surface area (Å²) in [5.74, 6) is 0.695. The van der Waals surface area contributed by atoms with Crippen molar-refractivity contribution in [2.75, 3.05) is 66.1 Å². The lowest BCUT2D eigenvalue weighted by atomic mass is 10.0. The number of aliphatic hydroxyl groups is 2. The molecule has 0 aromatic heterocycles. The van der Waals surface area contributed by atoms with Gasteiger partial charge in [-0.25, -0.2) is 0 Å². The summed E-state index contributed by atoms with van der Waals surface area (Å²) in [4.78, 5) is 0. The smallest absolute Gasteiger partial charge is 0.116 e. The number of halogens is 4. The molecule has 296 valence electrons. The third-order valence-electron chi connectivity index (χ3n) is 9.50. The van der Waals surface area contributed by atoms with Crippen LogP contribution in [0.25, 0.3) is 0 Å². The molecule has 0 aromatic rings. The molecule has 0 aromatic carbocycles. The van der Waals surface area contributed by atoms with Crippen LogP contribution in [0.3, 0.4) is 0 Å². The van der Waals surface area contributed by atoms with Gasteiger partial charge in [0.2, 0.25) is 0 Å². The van der Waals surface area contributed by atoms with Crippen LogP contribution in [0.1, 0.15) is 181 Å². The number of alkyl halides is 2. The zero-order valence-electron chi connectivity index (χ0n) is 33.1. The van der Waals surface area contributed by atoms with E-state index in [1.54, 1.807) is 0 Å². The molecule has 0 radical (unpaired) electrons. The van der Waals surface area contributed by atoms with Gasteiger partial charge in [0.25, 0.3) is 0 Å². The van der Waals surface area contributed by atoms with E-state index in [0.29, 0.717) is 11.8 Å². The van der Waals surface area contributed by atoms with Crippen molar-refractivity contribution in [3.05, 3.63) is 0 Å². The third kappa shape index (κ3) is 45.0. The topological polar surface area (TPSA) is 40.5 Å². The molecular formula is C40H86Cl4N2O2. The quantitative estimate of drug-likeness (QED) is 0.0516. The highest BCUT2D eigenvalue weighted by molar-refractivity contribution is 6.18. The highest BCUT2D eigenvalue weighted by Gasteiger charge is 2.20. The number of nitrogens with zero attached hydrogens (tertiary/aromatic N) is 2. The molecule has 0 saturated heterocycles. The molecule has 2 atom stereocenters. The van der Waals surface area contributed by atoms with Crippen molar-refractivity contribution < 1.29 is 44.0 Å². The second kappa shape index (κ2) is 40.8. The van der Waals surface area contributed by atoms with Crippen molar-refractivity contribution in [2.45, 2.75) is 193 Å². The minimum Gasteiger partial charge on any atom is -1.00 e. The summed E-state index contributed by atoms with van der Waals surface area (Å²) in [5.41, 5.74) is 0. The Kier molecular flexibility index (Phi) is 47.3. The average molecular weight is 769 g/mol. The Hall–Kier alpha value is 1.00. The van der Waals surface area contributed by atoms with E-state index in [0.717, 1.165) is 35.1 Å². The van der Waals surface area contributed by atoms with Crippen molar-refractivity contribution in [3.63, 3.8) is 0 Å². The second-order valence-corrected chi connectivity index (χ2v) is 16.4. The van der Waals surface area contributed by atoms with Gasteiger partial charge in [-0.1, -0.05) is 155 Å². The van der Waals surface area contributed by atoms with E-state index >= 15 is 0 Å². The van der Waals surface area contributed by atoms with Crippen molar-refractivity contribution >= 4 is 23.2 Å². The van der Waals surface area contributed by atoms with Crippen LogP contribution in [-0.2, 0) is 0 Å². The van der Waals surface area contributed by atoms with Gasteiger partial charge in [-0.05, 0) is 25.7 Å². The Morgan fingerprint density at radius 2 is 0.562 bits per heavy atom. The second-order valence-electron chi connectivity index (χ2n) is 15.8. The van der Waals surface area contributed by atoms with Crippen LogP contribution in [-0.4, -0.2) is 97.5 Å². The van der Waals surface area contributed by atoms with Gasteiger partial charge in [-0.3, -0.25) is 0 Å². The van der Waals surface area contributed by atoms with E-state index in [2.05, 4.69) is 42.0 Å². The van der Waals surface area contributed by atoms with Crippen LogP contribution >= 0.6 is 23.2 Å². The molecule has 0 rings (SSSR count). The van der Waals surface area contributed by atoms with Crippen LogP contribution in [0.5, 0.6) is 0 Å². The lowest BCUT2D eigenvalue weighted by molar-refractivity contribution is -0.893. The maximum atomic E-state index is 9.66. The standard InChI is InChI=1S/C21H45ClNO.C19H41ClNO.2ClH/c1-4-5-6-7-8-9-10-11-12-13-14-15-16-17-18-23(2,3)20-21(24)19-22;1-4-5-6-7-8-9-10-11-12-13-14-15-16-21(2,3)18-19(22)17-20;;/h21,24H,4-20H2,1-3H3;19,22H,4-18H2,1-3H3;2*1H/q2*+1;;/p-2. The van der Waals surface area contributed by atoms with Gasteiger partial charge in [0.15, 0.2) is 0 Å². The van der Waals surface area contributed by atoms with Crippen LogP contribution in [0.2, 0.25) is 0 Å². The maximum Gasteiger partial charge on any atom is 0.116 e. The van der Waals surface area contributed by atoms with Gasteiger partial charge in [0.1, 0.15) is 25.3 Å². The number of likely N-dealkylation sites (N-methyl/N-ethyl adjacent to an activating group) is 2. The van der Waals surface area contributed by atoms with Gasteiger partial charge in [0, 0.05) is 0 Å². The monoisotopic (exact) mass is 767 g/mol. The summed E-state index contributed by atoms with van der Waals surface area (Å²) in [5, 5.41) is 19.3. The van der Waals surface area contributed by atoms with E-state index < -0.39 is 0 Å². The van der Waals surface area contributed by atoms with Gasteiger partial charge in [-0.15, -0.1) is 23.2 Å². The Morgan fingerprint density at radius 3 is 0.750 bits per heavy atom. The Labute approximate surface area is 324 Å². The summed E-state index contributed by atoms with van der Waals surface area (Å²) in [6.45, 7) is 8.38. The van der Waals surface area contributed by atoms with Crippen molar-refractivity contribution in [3.8, 4) is 0 Å². The molecular weight excluding hydrogens is 682 g/mol. The summed E-state index contributed by atoms with van der Waals surface area (Å²) < 4.78 is 1.76. The fourth-order valence-electron chi connectivity index (χ4n) is 6.54. The molecule has 0 amide bonds. The zero-order valence-corrected chi connectivity index (χ0v) is 36.1. The lowest BCUT2D eigenvalue weighted by Crippen LogP contribution is -3.00. The molecule has 0 bridgehead atoms. The maximum absolute atomic E-state index is 9.66. The SMILES string of the molecule is CCCCCCCCCCCCCCCC[N+](C)(C)CC(O)CCl.CCCCCCCCCCCCCC[N+](C)(C)CC(O)CCl.[Cl-].[Cl-]. The number of rotatable bonds is 34. The first-order valence-electron chi connectivity index (χ1n) is 20.2. The molecule has 0 heterocycles. The van der Waals surface area contributed by atoms with E-state index in [-0.39, 0.29) is 37.0 Å². The predicted molar refractivity (Wildman–Crippen MR) is 209 cm³/mol. The minimum atomic E-state index is -0.367. The number of quaternary nitrogens is 2. The van der Waals surface area contributed by atoms with Gasteiger partial charge >= 0.3 is 0 Å². The first-order valence-corrected chi connectivity index (χ1v) is 21.2. The molecule has 0 aliphatic rings. The fraction of sp³-hybridized carbons (Fsp3) is 1.00. The molecule has 0 aliphatic carbocycles. The van der Waals surface area contributed by atoms with Crippen LogP contribution in [0.4, 0.5) is 0 Å². The van der Waals surface area contributed by atoms with Crippen LogP contribution in [0.15, 0.2) is 0 Å². The third-order valence-corrected chi connectivity index (χ3v) is 10.2. The fourth-order valence-corrected chi connectivity index (χ4v) is 6.73. The lowest BCUT2D eigenvalue weighted by Gasteiger charge is -2.31. The van der Waals surface area contributed by atoms with Crippen molar-refractivity contribution in [1.29, 1.82) is 0 Å². The Morgan fingerprint density at radius 1 is 0.375 bits per heavy atom. The molecule has 0 spiro atoms. The summed E-state index contributed by atoms with van der Waals surface area (Å²) >= 11 is 11.4. The molecule has 8 heteroatoms. The molecule has 2 unspecified atom stereocenters. The van der Waals surface area contributed by atoms with Crippen molar-refractivity contribution in [1.82, 2.24) is 0 Å². The molecule has 0 aliphatic heterocycles. The molecule has 4 nitrogen and oxygen atoms in total. The van der Waals surface area contributed by atoms with E-state index in [1.807, 2.05) is 0 Å². The summed E-state index contributed by atoms with van der Waals surface area (Å²) in [6.07, 6.45) is 35.6. The van der Waals surface area contributed by atoms with E-state index in [9.17, 15) is 10.2 Å². The molecule has 0 fully saturated rings. The highest BCUT2D eigenvalue weighted by atomic mass is 35.5. The number of hydrogen-bond donors (Lipinski definition) is 2. The minimum absolute atomic E-state index is 0. The molecule has 0 saturated carbocycles. The number of hydrogen-bond acceptors (Lipinski definition) is 2. The van der Waals surface area contributed by atoms with Gasteiger partial charge in [-0.2, -0.15) is 0 Å². The number of aliphatic hydroxyl groups excluding tert-OH is 2. The summed E-state index contributed by atoms with van der Waals surface area (Å²) in [7, 11) is 8.76. The molecule has 48 heavy (non-hydrogen) atoms. The highest BCUT2D eigenvalue weighted by Crippen LogP contribution is 2.15. The number of unbranched alkanes of at least 4 members (excludes halogenated alkanes) is 24. The predicted octanol–water partition coefficient (Wildman–Crippen LogP) is 5.52. The van der Waals surface area contributed by atoms with Crippen molar-refractivity contribution in [2.24, 2.45) is 0 Å². The van der Waals surface area contributed by atoms with Gasteiger partial charge in [0.05, 0.1) is 53.0 Å². The first-order chi connectivity index (χ1) is 22.0. The van der Waals surface area contributed by atoms with E-state index in [4.69, 9.17) is 23.2 Å². The Bertz CT molecular complexity index is 600. The van der Waals surface area contributed by atoms with E-state index in [1.165, 1.54) is 167 Å². The first kappa shape index (κ1) is 55.8. The largest absolute Gasteiger partial charge is 1.00 e. The van der Waals surface area contributed by atoms with Crippen LogP contribution < -0.4 is 24.8 Å².